The SMILES string of the molecule is Clc1nc2n(n1)c1nc(Cl)nn1c1nc(-c3ccc4c(c3)Oc3ccccc3C43c4ccccc4Oc4ccccc43)nn21. The highest BCUT2D eigenvalue weighted by Crippen LogP contribution is 2.61. The Balaban J connectivity index is 1.25. The summed E-state index contributed by atoms with van der Waals surface area (Å²) in [6.45, 7) is 0. The van der Waals surface area contributed by atoms with Crippen LogP contribution in [0.15, 0.2) is 91.0 Å². The highest BCUT2D eigenvalue weighted by molar-refractivity contribution is 6.28. The molecule has 4 aromatic heterocycles. The second-order valence-electron chi connectivity index (χ2n) is 10.5. The van der Waals surface area contributed by atoms with E-state index >= 15 is 0 Å². The van der Waals surface area contributed by atoms with Gasteiger partial charge in [0, 0.05) is 27.8 Å². The Morgan fingerprint density at radius 1 is 0.500 bits per heavy atom. The molecular formula is C31H15Cl2N9O2. The lowest BCUT2D eigenvalue weighted by atomic mass is 9.62. The zero-order valence-electron chi connectivity index (χ0n) is 22.3. The molecule has 210 valence electrons. The lowest BCUT2D eigenvalue weighted by Crippen LogP contribution is -2.36. The first kappa shape index (κ1) is 24.0. The molecule has 13 heteroatoms. The van der Waals surface area contributed by atoms with Crippen molar-refractivity contribution >= 4 is 40.5 Å². The quantitative estimate of drug-likeness (QED) is 0.209. The van der Waals surface area contributed by atoms with Gasteiger partial charge in [0.25, 0.3) is 17.3 Å². The van der Waals surface area contributed by atoms with Crippen LogP contribution < -0.4 is 9.47 Å². The van der Waals surface area contributed by atoms with Gasteiger partial charge in [-0.15, -0.1) is 15.3 Å². The molecule has 11 nitrogen and oxygen atoms in total. The molecule has 10 rings (SSSR count). The molecule has 0 atom stereocenters. The van der Waals surface area contributed by atoms with E-state index in [1.54, 1.807) is 0 Å². The van der Waals surface area contributed by atoms with Gasteiger partial charge >= 0.3 is 0 Å². The third kappa shape index (κ3) is 2.96. The molecule has 0 saturated heterocycles. The van der Waals surface area contributed by atoms with Crippen molar-refractivity contribution in [2.24, 2.45) is 0 Å². The number of ether oxygens (including phenoxy) is 2. The van der Waals surface area contributed by atoms with Crippen molar-refractivity contribution < 1.29 is 9.47 Å². The zero-order valence-corrected chi connectivity index (χ0v) is 23.8. The van der Waals surface area contributed by atoms with E-state index in [2.05, 4.69) is 44.4 Å². The molecule has 0 unspecified atom stereocenters. The fourth-order valence-electron chi connectivity index (χ4n) is 6.56. The highest BCUT2D eigenvalue weighted by Gasteiger charge is 2.50. The monoisotopic (exact) mass is 615 g/mol. The first-order valence-corrected chi connectivity index (χ1v) is 14.4. The Hall–Kier alpha value is -5.52. The number of rotatable bonds is 1. The van der Waals surface area contributed by atoms with E-state index in [9.17, 15) is 0 Å². The van der Waals surface area contributed by atoms with Crippen molar-refractivity contribution in [3.05, 3.63) is 124 Å². The smallest absolute Gasteiger partial charge is 0.261 e. The standard InChI is InChI=1S/C31H15Cl2N9O2/c32-26-35-29-40-28(41-30(42(29)39-26)36-27(33)38-41)34-25(37-40)16-13-14-20-24(15-16)44-23-12-6-3-9-19(23)31(20)17-7-1-4-10-21(17)43-22-11-5-2-8-18(22)31/h1-15H. The Bertz CT molecular complexity index is 2380. The van der Waals surface area contributed by atoms with Crippen molar-refractivity contribution in [3.63, 3.8) is 0 Å². The second-order valence-corrected chi connectivity index (χ2v) is 11.2. The normalized spacial score (nSPS) is 14.2. The van der Waals surface area contributed by atoms with E-state index in [0.29, 0.717) is 28.9 Å². The van der Waals surface area contributed by atoms with Crippen molar-refractivity contribution in [3.8, 4) is 34.4 Å². The predicted octanol–water partition coefficient (Wildman–Crippen LogP) is 6.38. The minimum absolute atomic E-state index is 0.0266. The number of benzene rings is 4. The summed E-state index contributed by atoms with van der Waals surface area (Å²) in [5, 5.41) is 13.3. The Morgan fingerprint density at radius 2 is 0.955 bits per heavy atom. The number of nitrogens with zero attached hydrogens (tertiary/aromatic N) is 9. The van der Waals surface area contributed by atoms with Crippen molar-refractivity contribution in [2.75, 3.05) is 0 Å². The van der Waals surface area contributed by atoms with Gasteiger partial charge in [-0.05, 0) is 47.5 Å². The molecule has 2 aliphatic heterocycles. The van der Waals surface area contributed by atoms with E-state index < -0.39 is 5.41 Å². The molecule has 2 aliphatic rings. The van der Waals surface area contributed by atoms with Crippen LogP contribution in [0.3, 0.4) is 0 Å². The molecule has 1 spiro atoms. The zero-order chi connectivity index (χ0) is 29.2. The Labute approximate surface area is 256 Å². The van der Waals surface area contributed by atoms with E-state index in [1.165, 1.54) is 13.5 Å². The van der Waals surface area contributed by atoms with Crippen LogP contribution in [0.5, 0.6) is 23.0 Å². The fourth-order valence-corrected chi connectivity index (χ4v) is 6.86. The molecule has 0 fully saturated rings. The van der Waals surface area contributed by atoms with Crippen molar-refractivity contribution in [1.29, 1.82) is 0 Å². The van der Waals surface area contributed by atoms with Gasteiger partial charge in [0.1, 0.15) is 23.0 Å². The summed E-state index contributed by atoms with van der Waals surface area (Å²) in [6.07, 6.45) is 0. The minimum Gasteiger partial charge on any atom is -0.457 e. The van der Waals surface area contributed by atoms with Crippen LogP contribution in [0.25, 0.3) is 28.7 Å². The predicted molar refractivity (Wildman–Crippen MR) is 160 cm³/mol. The van der Waals surface area contributed by atoms with Crippen LogP contribution in [0.1, 0.15) is 22.3 Å². The molecule has 4 aromatic carbocycles. The molecule has 44 heavy (non-hydrogen) atoms. The van der Waals surface area contributed by atoms with Crippen LogP contribution in [0, 0.1) is 0 Å². The summed E-state index contributed by atoms with van der Waals surface area (Å²) in [6, 6.07) is 30.5. The topological polar surface area (TPSA) is 109 Å². The lowest BCUT2D eigenvalue weighted by Gasteiger charge is -2.44. The van der Waals surface area contributed by atoms with Crippen LogP contribution in [0.2, 0.25) is 10.6 Å². The van der Waals surface area contributed by atoms with E-state index in [-0.39, 0.29) is 10.6 Å². The molecule has 0 aliphatic carbocycles. The van der Waals surface area contributed by atoms with Gasteiger partial charge in [0.15, 0.2) is 5.82 Å². The fraction of sp³-hybridized carbons (Fsp3) is 0.0323. The van der Waals surface area contributed by atoms with Crippen LogP contribution in [0.4, 0.5) is 0 Å². The Morgan fingerprint density at radius 3 is 1.52 bits per heavy atom. The van der Waals surface area contributed by atoms with Gasteiger partial charge in [-0.25, -0.2) is 0 Å². The van der Waals surface area contributed by atoms with Gasteiger partial charge in [-0.1, -0.05) is 66.7 Å². The van der Waals surface area contributed by atoms with Crippen LogP contribution in [-0.2, 0) is 5.41 Å². The molecule has 0 saturated carbocycles. The average Bonchev–Trinajstić information content (AvgIpc) is 3.77. The first-order chi connectivity index (χ1) is 21.6. The second kappa shape index (κ2) is 8.31. The molecular weight excluding hydrogens is 601 g/mol. The largest absolute Gasteiger partial charge is 0.457 e. The third-order valence-electron chi connectivity index (χ3n) is 8.24. The summed E-state index contributed by atoms with van der Waals surface area (Å²) in [5.41, 5.74) is 4.11. The summed E-state index contributed by atoms with van der Waals surface area (Å²) in [5.74, 6) is 4.41. The van der Waals surface area contributed by atoms with Gasteiger partial charge < -0.3 is 9.47 Å². The summed E-state index contributed by atoms with van der Waals surface area (Å²) >= 11 is 12.3. The van der Waals surface area contributed by atoms with Crippen molar-refractivity contribution in [2.45, 2.75) is 5.41 Å². The first-order valence-electron chi connectivity index (χ1n) is 13.6. The Kier molecular flexibility index (Phi) is 4.53. The lowest BCUT2D eigenvalue weighted by molar-refractivity contribution is 0.399. The molecule has 0 amide bonds. The number of hydrogen-bond acceptors (Lipinski definition) is 8. The number of halogens is 2. The van der Waals surface area contributed by atoms with Gasteiger partial charge in [-0.3, -0.25) is 0 Å². The maximum atomic E-state index is 6.63. The molecule has 0 radical (unpaired) electrons. The molecule has 6 heterocycles. The molecule has 0 bridgehead atoms. The number of aromatic nitrogens is 9. The maximum Gasteiger partial charge on any atom is 0.261 e. The van der Waals surface area contributed by atoms with E-state index in [1.807, 2.05) is 66.7 Å². The van der Waals surface area contributed by atoms with E-state index in [0.717, 1.165) is 45.1 Å². The summed E-state index contributed by atoms with van der Waals surface area (Å²) in [7, 11) is 0. The molecule has 8 aromatic rings. The maximum absolute atomic E-state index is 6.63. The van der Waals surface area contributed by atoms with Gasteiger partial charge in [0.05, 0.1) is 5.41 Å². The van der Waals surface area contributed by atoms with E-state index in [4.69, 9.17) is 42.8 Å². The van der Waals surface area contributed by atoms with Crippen LogP contribution in [-0.4, -0.2) is 43.8 Å². The van der Waals surface area contributed by atoms with Crippen molar-refractivity contribution in [1.82, 2.24) is 43.8 Å². The van der Waals surface area contributed by atoms with Gasteiger partial charge in [-0.2, -0.15) is 28.5 Å². The molecule has 0 N–H and O–H groups in total. The number of fused-ring (bicyclic) bond motifs is 14. The number of para-hydroxylation sites is 3. The minimum atomic E-state index is -0.686. The number of hydrogen-bond donors (Lipinski definition) is 0. The van der Waals surface area contributed by atoms with Crippen LogP contribution >= 0.6 is 23.2 Å². The highest BCUT2D eigenvalue weighted by atomic mass is 35.5. The third-order valence-corrected chi connectivity index (χ3v) is 8.56. The summed E-state index contributed by atoms with van der Waals surface area (Å²) in [4.78, 5) is 13.4. The summed E-state index contributed by atoms with van der Waals surface area (Å²) < 4.78 is 17.4. The average molecular weight is 616 g/mol. The van der Waals surface area contributed by atoms with Gasteiger partial charge in [0.2, 0.25) is 10.6 Å².